The summed E-state index contributed by atoms with van der Waals surface area (Å²) < 4.78 is 5.61. The molecule has 1 N–H and O–H groups in total. The maximum Gasteiger partial charge on any atom is 0.306 e. The summed E-state index contributed by atoms with van der Waals surface area (Å²) in [7, 11) is 0. The van der Waals surface area contributed by atoms with Crippen LogP contribution < -0.4 is 0 Å². The molecule has 2 rings (SSSR count). The molecule has 0 unspecified atom stereocenters. The first kappa shape index (κ1) is 9.97. The molecule has 1 aliphatic carbocycles. The first-order chi connectivity index (χ1) is 6.79. The van der Waals surface area contributed by atoms with Gasteiger partial charge in [-0.05, 0) is 31.6 Å². The van der Waals surface area contributed by atoms with Gasteiger partial charge in [-0.3, -0.25) is 4.79 Å². The summed E-state index contributed by atoms with van der Waals surface area (Å²) in [6.07, 6.45) is 6.54. The highest BCUT2D eigenvalue weighted by Crippen LogP contribution is 2.37. The number of hydrogen-bond acceptors (Lipinski definition) is 2. The lowest BCUT2D eigenvalue weighted by molar-refractivity contribution is -0.147. The molecule has 0 aromatic rings. The van der Waals surface area contributed by atoms with E-state index in [1.165, 1.54) is 6.42 Å². The van der Waals surface area contributed by atoms with Crippen LogP contribution in [-0.2, 0) is 9.53 Å². The van der Waals surface area contributed by atoms with Crippen molar-refractivity contribution in [1.29, 1.82) is 0 Å². The zero-order valence-electron chi connectivity index (χ0n) is 8.45. The first-order valence-electron chi connectivity index (χ1n) is 5.63. The van der Waals surface area contributed by atoms with Gasteiger partial charge < -0.3 is 9.84 Å². The van der Waals surface area contributed by atoms with Gasteiger partial charge in [0.05, 0.1) is 12.0 Å². The molecule has 0 amide bonds. The average Bonchev–Trinajstić information content (AvgIpc) is 2.70. The Bertz CT molecular complexity index is 209. The first-order valence-corrected chi connectivity index (χ1v) is 5.63. The zero-order chi connectivity index (χ0) is 9.97. The lowest BCUT2D eigenvalue weighted by Crippen LogP contribution is -2.35. The molecule has 14 heavy (non-hydrogen) atoms. The van der Waals surface area contributed by atoms with Gasteiger partial charge in [-0.1, -0.05) is 12.8 Å². The van der Waals surface area contributed by atoms with Crippen LogP contribution in [0, 0.1) is 11.8 Å². The summed E-state index contributed by atoms with van der Waals surface area (Å²) in [6.45, 7) is 0.827. The number of carboxylic acids is 1. The second kappa shape index (κ2) is 4.30. The number of carboxylic acid groups (broad SMARTS) is 1. The summed E-state index contributed by atoms with van der Waals surface area (Å²) in [5.74, 6) is -0.485. The van der Waals surface area contributed by atoms with Gasteiger partial charge in [-0.15, -0.1) is 0 Å². The quantitative estimate of drug-likeness (QED) is 0.738. The minimum atomic E-state index is -0.620. The van der Waals surface area contributed by atoms with Crippen molar-refractivity contribution in [3.05, 3.63) is 0 Å². The second-order valence-electron chi connectivity index (χ2n) is 4.44. The van der Waals surface area contributed by atoms with Crippen molar-refractivity contribution < 1.29 is 14.6 Å². The SMILES string of the molecule is O=C(O)[C@@H]1CCCC[C@H]1[C@H]1CCCO1. The fourth-order valence-corrected chi connectivity index (χ4v) is 2.85. The summed E-state index contributed by atoms with van der Waals surface area (Å²) in [6, 6.07) is 0. The van der Waals surface area contributed by atoms with Crippen molar-refractivity contribution >= 4 is 5.97 Å². The smallest absolute Gasteiger partial charge is 0.306 e. The molecule has 1 saturated carbocycles. The van der Waals surface area contributed by atoms with E-state index in [9.17, 15) is 4.79 Å². The van der Waals surface area contributed by atoms with E-state index in [4.69, 9.17) is 9.84 Å². The van der Waals surface area contributed by atoms with Crippen molar-refractivity contribution in [3.8, 4) is 0 Å². The van der Waals surface area contributed by atoms with Crippen LogP contribution in [0.3, 0.4) is 0 Å². The second-order valence-corrected chi connectivity index (χ2v) is 4.44. The van der Waals surface area contributed by atoms with E-state index in [-0.39, 0.29) is 17.9 Å². The topological polar surface area (TPSA) is 46.5 Å². The van der Waals surface area contributed by atoms with E-state index in [2.05, 4.69) is 0 Å². The van der Waals surface area contributed by atoms with Gasteiger partial charge in [0.2, 0.25) is 0 Å². The van der Waals surface area contributed by atoms with E-state index in [1.807, 2.05) is 0 Å². The molecule has 80 valence electrons. The van der Waals surface area contributed by atoms with Crippen molar-refractivity contribution in [2.45, 2.75) is 44.6 Å². The predicted octanol–water partition coefficient (Wildman–Crippen LogP) is 2.06. The summed E-state index contributed by atoms with van der Waals surface area (Å²) in [4.78, 5) is 11.1. The third-order valence-corrected chi connectivity index (χ3v) is 3.58. The Morgan fingerprint density at radius 2 is 1.93 bits per heavy atom. The van der Waals surface area contributed by atoms with Crippen LogP contribution in [0.5, 0.6) is 0 Å². The third kappa shape index (κ3) is 1.92. The Morgan fingerprint density at radius 1 is 1.14 bits per heavy atom. The molecule has 2 aliphatic rings. The molecule has 0 spiro atoms. The normalized spacial score (nSPS) is 38.4. The molecule has 0 bridgehead atoms. The Morgan fingerprint density at radius 3 is 2.57 bits per heavy atom. The molecule has 3 nitrogen and oxygen atoms in total. The number of ether oxygens (including phenoxy) is 1. The maximum absolute atomic E-state index is 11.1. The van der Waals surface area contributed by atoms with Crippen LogP contribution in [0.25, 0.3) is 0 Å². The molecule has 2 fully saturated rings. The molecule has 0 aromatic carbocycles. The lowest BCUT2D eigenvalue weighted by Gasteiger charge is -2.32. The van der Waals surface area contributed by atoms with Gasteiger partial charge in [0.25, 0.3) is 0 Å². The van der Waals surface area contributed by atoms with Gasteiger partial charge in [0, 0.05) is 6.61 Å². The minimum absolute atomic E-state index is 0.146. The fourth-order valence-electron chi connectivity index (χ4n) is 2.85. The third-order valence-electron chi connectivity index (χ3n) is 3.58. The van der Waals surface area contributed by atoms with Crippen molar-refractivity contribution in [3.63, 3.8) is 0 Å². The Balaban J connectivity index is 2.01. The maximum atomic E-state index is 11.1. The van der Waals surface area contributed by atoms with E-state index in [0.717, 1.165) is 38.7 Å². The van der Waals surface area contributed by atoms with Crippen LogP contribution in [0.15, 0.2) is 0 Å². The number of carbonyl (C=O) groups is 1. The number of aliphatic carboxylic acids is 1. The standard InChI is InChI=1S/C11H18O3/c12-11(13)9-5-2-1-4-8(9)10-6-3-7-14-10/h8-10H,1-7H2,(H,12,13)/t8-,9-,10-/m1/s1. The van der Waals surface area contributed by atoms with Crippen LogP contribution in [0.1, 0.15) is 38.5 Å². The molecular formula is C11H18O3. The highest BCUT2D eigenvalue weighted by molar-refractivity contribution is 5.70. The van der Waals surface area contributed by atoms with Crippen molar-refractivity contribution in [2.24, 2.45) is 11.8 Å². The van der Waals surface area contributed by atoms with Gasteiger partial charge >= 0.3 is 5.97 Å². The van der Waals surface area contributed by atoms with Gasteiger partial charge in [-0.2, -0.15) is 0 Å². The number of rotatable bonds is 2. The summed E-state index contributed by atoms with van der Waals surface area (Å²) in [5, 5.41) is 9.11. The average molecular weight is 198 g/mol. The van der Waals surface area contributed by atoms with Crippen molar-refractivity contribution in [1.82, 2.24) is 0 Å². The monoisotopic (exact) mass is 198 g/mol. The van der Waals surface area contributed by atoms with Gasteiger partial charge in [0.15, 0.2) is 0 Å². The predicted molar refractivity (Wildman–Crippen MR) is 52.1 cm³/mol. The highest BCUT2D eigenvalue weighted by Gasteiger charge is 2.37. The van der Waals surface area contributed by atoms with E-state index in [1.54, 1.807) is 0 Å². The zero-order valence-corrected chi connectivity index (χ0v) is 8.45. The molecule has 0 aromatic heterocycles. The lowest BCUT2D eigenvalue weighted by atomic mass is 9.75. The highest BCUT2D eigenvalue weighted by atomic mass is 16.5. The van der Waals surface area contributed by atoms with E-state index < -0.39 is 5.97 Å². The number of hydrogen-bond donors (Lipinski definition) is 1. The van der Waals surface area contributed by atoms with E-state index >= 15 is 0 Å². The molecule has 3 heteroatoms. The fraction of sp³-hybridized carbons (Fsp3) is 0.909. The van der Waals surface area contributed by atoms with E-state index in [0.29, 0.717) is 0 Å². The Labute approximate surface area is 84.4 Å². The minimum Gasteiger partial charge on any atom is -0.481 e. The van der Waals surface area contributed by atoms with Crippen LogP contribution in [-0.4, -0.2) is 23.8 Å². The summed E-state index contributed by atoms with van der Waals surface area (Å²) >= 11 is 0. The Kier molecular flexibility index (Phi) is 3.06. The molecule has 3 atom stereocenters. The molecule has 1 saturated heterocycles. The Hall–Kier alpha value is -0.570. The molecular weight excluding hydrogens is 180 g/mol. The van der Waals surface area contributed by atoms with Crippen molar-refractivity contribution in [2.75, 3.05) is 6.61 Å². The van der Waals surface area contributed by atoms with Crippen LogP contribution >= 0.6 is 0 Å². The largest absolute Gasteiger partial charge is 0.481 e. The van der Waals surface area contributed by atoms with Crippen LogP contribution in [0.4, 0.5) is 0 Å². The molecule has 0 radical (unpaired) electrons. The summed E-state index contributed by atoms with van der Waals surface area (Å²) in [5.41, 5.74) is 0. The van der Waals surface area contributed by atoms with Gasteiger partial charge in [-0.25, -0.2) is 0 Å². The molecule has 1 aliphatic heterocycles. The molecule has 1 heterocycles. The van der Waals surface area contributed by atoms with Gasteiger partial charge in [0.1, 0.15) is 0 Å². The van der Waals surface area contributed by atoms with Crippen LogP contribution in [0.2, 0.25) is 0 Å².